The summed E-state index contributed by atoms with van der Waals surface area (Å²) in [6, 6.07) is 5.49. The standard InChI is InChI=1S/C18H17N7O5/c19-18-23-15-14(16(28)24-18)22-11(8-21-15)7-20-10-3-1-9(2-4-10)17(29)30-25-12(26)5-6-13(25)27/h1-4,8,14-15,20H,5-7H2,(H3,19,23,24,28). The topological polar surface area (TPSA) is 168 Å². The number of aliphatic imine (C=N–C) groups is 3. The Balaban J connectivity index is 1.34. The first-order valence-electron chi connectivity index (χ1n) is 9.07. The van der Waals surface area contributed by atoms with Crippen LogP contribution >= 0.6 is 0 Å². The Morgan fingerprint density at radius 3 is 2.57 bits per heavy atom. The normalized spacial score (nSPS) is 22.8. The Morgan fingerprint density at radius 1 is 1.17 bits per heavy atom. The van der Waals surface area contributed by atoms with Crippen LogP contribution in [0, 0.1) is 0 Å². The van der Waals surface area contributed by atoms with Gasteiger partial charge in [-0.25, -0.2) is 9.79 Å². The molecule has 4 N–H and O–H groups in total. The molecule has 1 saturated heterocycles. The zero-order valence-corrected chi connectivity index (χ0v) is 15.6. The fraction of sp³-hybridized carbons (Fsp3) is 0.278. The molecule has 1 aromatic carbocycles. The zero-order chi connectivity index (χ0) is 21.3. The van der Waals surface area contributed by atoms with E-state index in [0.717, 1.165) is 0 Å². The van der Waals surface area contributed by atoms with Gasteiger partial charge < -0.3 is 15.9 Å². The predicted octanol–water partition coefficient (Wildman–Crippen LogP) is -1.02. The van der Waals surface area contributed by atoms with E-state index in [9.17, 15) is 19.2 Å². The third kappa shape index (κ3) is 3.87. The maximum Gasteiger partial charge on any atom is 0.363 e. The molecule has 3 heterocycles. The van der Waals surface area contributed by atoms with Crippen LogP contribution < -0.4 is 16.4 Å². The summed E-state index contributed by atoms with van der Waals surface area (Å²) in [5, 5.41) is 6.02. The third-order valence-electron chi connectivity index (χ3n) is 4.53. The van der Waals surface area contributed by atoms with Gasteiger partial charge in [0.05, 0.1) is 17.8 Å². The number of amides is 3. The molecule has 30 heavy (non-hydrogen) atoms. The summed E-state index contributed by atoms with van der Waals surface area (Å²) in [5.41, 5.74) is 6.92. The molecule has 0 aliphatic carbocycles. The number of carbonyl (C=O) groups excluding carboxylic acids is 4. The highest BCUT2D eigenvalue weighted by molar-refractivity contribution is 6.33. The number of anilines is 1. The molecule has 3 aliphatic rings. The summed E-state index contributed by atoms with van der Waals surface area (Å²) in [6.45, 7) is 0.291. The number of nitrogens with one attached hydrogen (secondary N) is 2. The maximum absolute atomic E-state index is 12.1. The van der Waals surface area contributed by atoms with Crippen LogP contribution in [0.15, 0.2) is 39.2 Å². The number of imide groups is 1. The van der Waals surface area contributed by atoms with Gasteiger partial charge in [-0.1, -0.05) is 0 Å². The van der Waals surface area contributed by atoms with Gasteiger partial charge in [-0.2, -0.15) is 0 Å². The molecule has 1 aromatic rings. The second kappa shape index (κ2) is 7.73. The SMILES string of the molecule is NC1=NC2N=CC(CNc3ccc(C(=O)ON4C(=O)CCC4=O)cc3)=NC2C(=O)N1. The van der Waals surface area contributed by atoms with E-state index in [2.05, 4.69) is 25.6 Å². The molecule has 154 valence electrons. The van der Waals surface area contributed by atoms with Gasteiger partial charge in [0.1, 0.15) is 0 Å². The van der Waals surface area contributed by atoms with Crippen molar-refractivity contribution in [3.8, 4) is 0 Å². The van der Waals surface area contributed by atoms with Crippen LogP contribution in [0.25, 0.3) is 0 Å². The molecule has 12 heteroatoms. The van der Waals surface area contributed by atoms with Crippen LogP contribution in [0.3, 0.4) is 0 Å². The summed E-state index contributed by atoms with van der Waals surface area (Å²) in [6.07, 6.45) is 0.942. The summed E-state index contributed by atoms with van der Waals surface area (Å²) in [4.78, 5) is 64.6. The summed E-state index contributed by atoms with van der Waals surface area (Å²) in [5.74, 6) is -2.22. The van der Waals surface area contributed by atoms with Crippen molar-refractivity contribution in [1.82, 2.24) is 10.4 Å². The first-order valence-corrected chi connectivity index (χ1v) is 9.07. The zero-order valence-electron chi connectivity index (χ0n) is 15.6. The number of guanidine groups is 1. The van der Waals surface area contributed by atoms with Crippen molar-refractivity contribution >= 4 is 47.3 Å². The minimum Gasteiger partial charge on any atom is -0.379 e. The first-order chi connectivity index (χ1) is 14.4. The molecule has 2 unspecified atom stereocenters. The molecule has 4 rings (SSSR count). The van der Waals surface area contributed by atoms with Gasteiger partial charge in [0.15, 0.2) is 18.2 Å². The highest BCUT2D eigenvalue weighted by atomic mass is 16.7. The van der Waals surface area contributed by atoms with E-state index in [1.165, 1.54) is 18.3 Å². The molecule has 0 bridgehead atoms. The largest absolute Gasteiger partial charge is 0.379 e. The van der Waals surface area contributed by atoms with Gasteiger partial charge in [-0.3, -0.25) is 29.7 Å². The number of hydrogen-bond donors (Lipinski definition) is 3. The molecule has 0 radical (unpaired) electrons. The number of hydrogen-bond acceptors (Lipinski definition) is 10. The van der Waals surface area contributed by atoms with Gasteiger partial charge in [0, 0.05) is 24.7 Å². The number of hydroxylamine groups is 2. The fourth-order valence-electron chi connectivity index (χ4n) is 3.00. The Morgan fingerprint density at radius 2 is 1.87 bits per heavy atom. The van der Waals surface area contributed by atoms with Crippen LogP contribution in [0.5, 0.6) is 0 Å². The average molecular weight is 411 g/mol. The van der Waals surface area contributed by atoms with Crippen molar-refractivity contribution in [2.75, 3.05) is 11.9 Å². The second-order valence-electron chi connectivity index (χ2n) is 6.65. The van der Waals surface area contributed by atoms with Crippen LogP contribution in [0.2, 0.25) is 0 Å². The van der Waals surface area contributed by atoms with Gasteiger partial charge in [0.2, 0.25) is 0 Å². The quantitative estimate of drug-likeness (QED) is 0.521. The third-order valence-corrected chi connectivity index (χ3v) is 4.53. The van der Waals surface area contributed by atoms with E-state index in [-0.39, 0.29) is 30.3 Å². The lowest BCUT2D eigenvalue weighted by Crippen LogP contribution is -2.52. The Bertz CT molecular complexity index is 998. The van der Waals surface area contributed by atoms with Crippen molar-refractivity contribution < 1.29 is 24.0 Å². The van der Waals surface area contributed by atoms with E-state index >= 15 is 0 Å². The highest BCUT2D eigenvalue weighted by Crippen LogP contribution is 2.17. The molecule has 0 aromatic heterocycles. The second-order valence-corrected chi connectivity index (χ2v) is 6.65. The summed E-state index contributed by atoms with van der Waals surface area (Å²) >= 11 is 0. The van der Waals surface area contributed by atoms with E-state index in [0.29, 0.717) is 23.0 Å². The van der Waals surface area contributed by atoms with Gasteiger partial charge in [0.25, 0.3) is 17.7 Å². The Hall–Kier alpha value is -4.09. The van der Waals surface area contributed by atoms with Gasteiger partial charge in [-0.05, 0) is 24.3 Å². The summed E-state index contributed by atoms with van der Waals surface area (Å²) in [7, 11) is 0. The lowest BCUT2D eigenvalue weighted by Gasteiger charge is -2.25. The number of nitrogens with zero attached hydrogens (tertiary/aromatic N) is 4. The van der Waals surface area contributed by atoms with Crippen molar-refractivity contribution in [1.29, 1.82) is 0 Å². The maximum atomic E-state index is 12.1. The van der Waals surface area contributed by atoms with Crippen LogP contribution in [-0.2, 0) is 19.2 Å². The van der Waals surface area contributed by atoms with Crippen molar-refractivity contribution in [2.45, 2.75) is 25.0 Å². The van der Waals surface area contributed by atoms with Crippen LogP contribution in [0.4, 0.5) is 5.69 Å². The van der Waals surface area contributed by atoms with Crippen LogP contribution in [-0.4, -0.2) is 65.4 Å². The van der Waals surface area contributed by atoms with Crippen molar-refractivity contribution in [3.05, 3.63) is 29.8 Å². The fourth-order valence-corrected chi connectivity index (χ4v) is 3.00. The minimum absolute atomic E-state index is 0.0206. The smallest absolute Gasteiger partial charge is 0.363 e. The molecular formula is C18H17N7O5. The number of nitrogens with two attached hydrogens (primary N) is 1. The summed E-state index contributed by atoms with van der Waals surface area (Å²) < 4.78 is 0. The predicted molar refractivity (Wildman–Crippen MR) is 105 cm³/mol. The van der Waals surface area contributed by atoms with E-state index in [1.807, 2.05) is 0 Å². The van der Waals surface area contributed by atoms with Crippen LogP contribution in [0.1, 0.15) is 23.2 Å². The Kier molecular flexibility index (Phi) is 4.96. The average Bonchev–Trinajstić information content (AvgIpc) is 3.04. The molecular weight excluding hydrogens is 394 g/mol. The number of fused-ring (bicyclic) bond motifs is 1. The molecule has 1 fully saturated rings. The van der Waals surface area contributed by atoms with E-state index in [4.69, 9.17) is 10.6 Å². The lowest BCUT2D eigenvalue weighted by molar-refractivity contribution is -0.172. The van der Waals surface area contributed by atoms with Crippen molar-refractivity contribution in [3.63, 3.8) is 0 Å². The monoisotopic (exact) mass is 411 g/mol. The van der Waals surface area contributed by atoms with Crippen molar-refractivity contribution in [2.24, 2.45) is 20.7 Å². The lowest BCUT2D eigenvalue weighted by atomic mass is 10.1. The van der Waals surface area contributed by atoms with E-state index in [1.54, 1.807) is 12.1 Å². The van der Waals surface area contributed by atoms with E-state index < -0.39 is 30.0 Å². The molecule has 2 atom stereocenters. The number of benzene rings is 1. The highest BCUT2D eigenvalue weighted by Gasteiger charge is 2.34. The molecule has 12 nitrogen and oxygen atoms in total. The molecule has 0 spiro atoms. The minimum atomic E-state index is -0.803. The van der Waals surface area contributed by atoms with Gasteiger partial charge in [-0.15, -0.1) is 5.06 Å². The first kappa shape index (κ1) is 19.2. The molecule has 0 saturated carbocycles. The molecule has 3 aliphatic heterocycles. The Labute approximate surface area is 169 Å². The number of rotatable bonds is 5. The van der Waals surface area contributed by atoms with Gasteiger partial charge >= 0.3 is 5.97 Å². The number of carbonyl (C=O) groups is 4. The molecule has 3 amide bonds.